The van der Waals surface area contributed by atoms with Crippen molar-refractivity contribution in [2.24, 2.45) is 5.73 Å². The van der Waals surface area contributed by atoms with Gasteiger partial charge in [-0.05, 0) is 67.6 Å². The molecule has 156 valence electrons. The summed E-state index contributed by atoms with van der Waals surface area (Å²) in [7, 11) is 0. The zero-order valence-corrected chi connectivity index (χ0v) is 18.2. The van der Waals surface area contributed by atoms with E-state index in [9.17, 15) is 4.79 Å². The first-order valence-electron chi connectivity index (χ1n) is 9.52. The van der Waals surface area contributed by atoms with E-state index in [1.807, 2.05) is 71.3 Å². The van der Waals surface area contributed by atoms with Gasteiger partial charge in [-0.3, -0.25) is 9.36 Å². The van der Waals surface area contributed by atoms with Crippen molar-refractivity contribution >= 4 is 29.3 Å². The summed E-state index contributed by atoms with van der Waals surface area (Å²) >= 11 is 7.29. The summed E-state index contributed by atoms with van der Waals surface area (Å²) < 4.78 is 7.77. The number of thioether (sulfide) groups is 1. The van der Waals surface area contributed by atoms with Crippen LogP contribution >= 0.6 is 23.4 Å². The quantitative estimate of drug-likeness (QED) is 0.384. The van der Waals surface area contributed by atoms with Gasteiger partial charge in [0.1, 0.15) is 11.5 Å². The highest BCUT2D eigenvalue weighted by atomic mass is 35.5. The number of halogens is 1. The van der Waals surface area contributed by atoms with Gasteiger partial charge >= 0.3 is 0 Å². The molecule has 4 rings (SSSR count). The molecule has 1 heterocycles. The first-order valence-corrected chi connectivity index (χ1v) is 10.8. The fraction of sp³-hybridized carbons (Fsp3) is 0.0870. The van der Waals surface area contributed by atoms with Gasteiger partial charge in [-0.15, -0.1) is 10.2 Å². The minimum atomic E-state index is -0.457. The van der Waals surface area contributed by atoms with E-state index in [0.717, 1.165) is 17.0 Å². The van der Waals surface area contributed by atoms with Crippen LogP contribution in [-0.2, 0) is 4.79 Å². The van der Waals surface area contributed by atoms with E-state index in [1.165, 1.54) is 11.8 Å². The lowest BCUT2D eigenvalue weighted by Gasteiger charge is -2.13. The Kier molecular flexibility index (Phi) is 6.25. The average Bonchev–Trinajstić information content (AvgIpc) is 3.19. The minimum absolute atomic E-state index is 0.417. The van der Waals surface area contributed by atoms with Crippen molar-refractivity contribution in [2.45, 2.75) is 17.3 Å². The van der Waals surface area contributed by atoms with Crippen LogP contribution in [0.1, 0.15) is 6.92 Å². The van der Waals surface area contributed by atoms with E-state index in [-0.39, 0.29) is 0 Å². The third-order valence-electron chi connectivity index (χ3n) is 4.49. The number of primary amides is 1. The molecule has 0 radical (unpaired) electrons. The summed E-state index contributed by atoms with van der Waals surface area (Å²) in [6.07, 6.45) is 0. The number of para-hydroxylation sites is 1. The molecule has 1 atom stereocenters. The van der Waals surface area contributed by atoms with Crippen molar-refractivity contribution in [2.75, 3.05) is 0 Å². The van der Waals surface area contributed by atoms with Crippen LogP contribution in [0.3, 0.4) is 0 Å². The fourth-order valence-corrected chi connectivity index (χ4v) is 3.81. The highest BCUT2D eigenvalue weighted by Crippen LogP contribution is 2.31. The van der Waals surface area contributed by atoms with E-state index >= 15 is 0 Å². The van der Waals surface area contributed by atoms with Gasteiger partial charge in [0, 0.05) is 16.3 Å². The molecule has 0 unspecified atom stereocenters. The maximum atomic E-state index is 11.6. The number of nitrogens with zero attached hydrogens (tertiary/aromatic N) is 3. The molecule has 0 saturated heterocycles. The van der Waals surface area contributed by atoms with Crippen molar-refractivity contribution in [1.29, 1.82) is 0 Å². The second-order valence-electron chi connectivity index (χ2n) is 6.72. The Hall–Kier alpha value is -3.29. The SMILES string of the molecule is C[C@H](Sc1nnc(-c2ccc(Cl)cc2)n1-c1ccc(Oc2ccccc2)cc1)C(N)=O. The smallest absolute Gasteiger partial charge is 0.230 e. The number of benzene rings is 3. The first kappa shape index (κ1) is 21.0. The van der Waals surface area contributed by atoms with Gasteiger partial charge in [0.05, 0.1) is 5.25 Å². The molecule has 6 nitrogen and oxygen atoms in total. The number of nitrogens with two attached hydrogens (primary N) is 1. The molecule has 0 aliphatic heterocycles. The van der Waals surface area contributed by atoms with Gasteiger partial charge in [-0.25, -0.2) is 0 Å². The molecule has 2 N–H and O–H groups in total. The largest absolute Gasteiger partial charge is 0.457 e. The zero-order valence-electron chi connectivity index (χ0n) is 16.6. The maximum Gasteiger partial charge on any atom is 0.230 e. The average molecular weight is 451 g/mol. The van der Waals surface area contributed by atoms with Crippen molar-refractivity contribution < 1.29 is 9.53 Å². The highest BCUT2D eigenvalue weighted by Gasteiger charge is 2.20. The van der Waals surface area contributed by atoms with Crippen LogP contribution in [0.5, 0.6) is 11.5 Å². The van der Waals surface area contributed by atoms with E-state index in [2.05, 4.69) is 10.2 Å². The Morgan fingerprint density at radius 1 is 0.968 bits per heavy atom. The lowest BCUT2D eigenvalue weighted by atomic mass is 10.2. The van der Waals surface area contributed by atoms with Gasteiger partial charge < -0.3 is 10.5 Å². The lowest BCUT2D eigenvalue weighted by molar-refractivity contribution is -0.117. The van der Waals surface area contributed by atoms with E-state index in [1.54, 1.807) is 19.1 Å². The maximum absolute atomic E-state index is 11.6. The number of carbonyl (C=O) groups excluding carboxylic acids is 1. The number of hydrogen-bond acceptors (Lipinski definition) is 5. The zero-order chi connectivity index (χ0) is 21.8. The molecule has 3 aromatic carbocycles. The van der Waals surface area contributed by atoms with Crippen LogP contribution in [0, 0.1) is 0 Å². The number of amides is 1. The molecule has 4 aromatic rings. The fourth-order valence-electron chi connectivity index (χ4n) is 2.87. The van der Waals surface area contributed by atoms with Gasteiger partial charge in [0.15, 0.2) is 11.0 Å². The van der Waals surface area contributed by atoms with Crippen LogP contribution < -0.4 is 10.5 Å². The van der Waals surface area contributed by atoms with Crippen molar-refractivity contribution in [1.82, 2.24) is 14.8 Å². The molecule has 0 saturated carbocycles. The Bertz CT molecular complexity index is 1180. The third-order valence-corrected chi connectivity index (χ3v) is 5.81. The molecule has 0 aliphatic rings. The van der Waals surface area contributed by atoms with Crippen LogP contribution in [-0.4, -0.2) is 25.9 Å². The second kappa shape index (κ2) is 9.24. The van der Waals surface area contributed by atoms with Gasteiger partial charge in [0.25, 0.3) is 0 Å². The Labute approximate surface area is 189 Å². The molecule has 31 heavy (non-hydrogen) atoms. The topological polar surface area (TPSA) is 83.0 Å². The lowest BCUT2D eigenvalue weighted by Crippen LogP contribution is -2.23. The third kappa shape index (κ3) is 4.90. The summed E-state index contributed by atoms with van der Waals surface area (Å²) in [5.41, 5.74) is 7.13. The number of aromatic nitrogens is 3. The summed E-state index contributed by atoms with van der Waals surface area (Å²) in [6.45, 7) is 1.74. The molecule has 0 fully saturated rings. The van der Waals surface area contributed by atoms with Crippen molar-refractivity contribution in [3.63, 3.8) is 0 Å². The summed E-state index contributed by atoms with van der Waals surface area (Å²) in [5, 5.41) is 9.41. The summed E-state index contributed by atoms with van der Waals surface area (Å²) in [5.74, 6) is 1.68. The Morgan fingerprint density at radius 2 is 1.61 bits per heavy atom. The van der Waals surface area contributed by atoms with Crippen LogP contribution in [0.15, 0.2) is 84.0 Å². The van der Waals surface area contributed by atoms with E-state index in [0.29, 0.717) is 21.8 Å². The molecule has 8 heteroatoms. The molecular weight excluding hydrogens is 432 g/mol. The van der Waals surface area contributed by atoms with Crippen LogP contribution in [0.2, 0.25) is 5.02 Å². The highest BCUT2D eigenvalue weighted by molar-refractivity contribution is 8.00. The Morgan fingerprint density at radius 3 is 2.26 bits per heavy atom. The molecule has 0 spiro atoms. The molecule has 0 bridgehead atoms. The van der Waals surface area contributed by atoms with Crippen LogP contribution in [0.4, 0.5) is 0 Å². The van der Waals surface area contributed by atoms with Crippen molar-refractivity contribution in [3.05, 3.63) is 83.9 Å². The number of rotatable bonds is 7. The Balaban J connectivity index is 1.71. The van der Waals surface area contributed by atoms with E-state index in [4.69, 9.17) is 22.1 Å². The molecule has 0 aliphatic carbocycles. The molecule has 1 amide bonds. The molecule has 1 aromatic heterocycles. The van der Waals surface area contributed by atoms with Crippen molar-refractivity contribution in [3.8, 4) is 28.6 Å². The van der Waals surface area contributed by atoms with E-state index < -0.39 is 11.2 Å². The van der Waals surface area contributed by atoms with Crippen LogP contribution in [0.25, 0.3) is 17.1 Å². The summed E-state index contributed by atoms with van der Waals surface area (Å²) in [4.78, 5) is 11.6. The minimum Gasteiger partial charge on any atom is -0.457 e. The standard InChI is InChI=1S/C23H19ClN4O2S/c1-15(21(25)29)31-23-27-26-22(16-7-9-17(24)10-8-16)28(23)18-11-13-20(14-12-18)30-19-5-3-2-4-6-19/h2-15H,1H3,(H2,25,29)/t15-/m0/s1. The van der Waals surface area contributed by atoms with Gasteiger partial charge in [-0.1, -0.05) is 41.6 Å². The number of hydrogen-bond donors (Lipinski definition) is 1. The predicted molar refractivity (Wildman–Crippen MR) is 123 cm³/mol. The number of carbonyl (C=O) groups is 1. The predicted octanol–water partition coefficient (Wildman–Crippen LogP) is 5.35. The number of ether oxygens (including phenoxy) is 1. The van der Waals surface area contributed by atoms with Gasteiger partial charge in [-0.2, -0.15) is 0 Å². The normalized spacial score (nSPS) is 11.8. The molecular formula is C23H19ClN4O2S. The monoisotopic (exact) mass is 450 g/mol. The summed E-state index contributed by atoms with van der Waals surface area (Å²) in [6, 6.07) is 24.5. The second-order valence-corrected chi connectivity index (χ2v) is 8.46. The van der Waals surface area contributed by atoms with Gasteiger partial charge in [0.2, 0.25) is 5.91 Å². The first-order chi connectivity index (χ1) is 15.0.